The zero-order chi connectivity index (χ0) is 14.4. The number of hydrogen-bond acceptors (Lipinski definition) is 1. The maximum absolute atomic E-state index is 9.23. The zero-order valence-corrected chi connectivity index (χ0v) is 12.7. The van der Waals surface area contributed by atoms with Gasteiger partial charge in [-0.25, -0.2) is 0 Å². The van der Waals surface area contributed by atoms with Crippen LogP contribution in [0, 0.1) is 0 Å². The van der Waals surface area contributed by atoms with Gasteiger partial charge in [0.05, 0.1) is 11.6 Å². The molecule has 2 aromatic carbocycles. The highest BCUT2D eigenvalue weighted by molar-refractivity contribution is 6.35. The van der Waals surface area contributed by atoms with Gasteiger partial charge in [0.1, 0.15) is 19.6 Å². The molecule has 4 heteroatoms. The molecule has 2 N–H and O–H groups in total. The lowest BCUT2D eigenvalue weighted by molar-refractivity contribution is -0.927. The highest BCUT2D eigenvalue weighted by Crippen LogP contribution is 2.20. The predicted molar refractivity (Wildman–Crippen MR) is 83.2 cm³/mol. The number of hydrogen-bond donors (Lipinski definition) is 2. The quantitative estimate of drug-likeness (QED) is 0.842. The molecule has 0 aliphatic heterocycles. The van der Waals surface area contributed by atoms with Crippen molar-refractivity contribution in [3.63, 3.8) is 0 Å². The van der Waals surface area contributed by atoms with Gasteiger partial charge in [-0.2, -0.15) is 0 Å². The number of nitrogens with one attached hydrogen (secondary N) is 1. The number of quaternary nitrogens is 1. The molecule has 2 rings (SSSR count). The van der Waals surface area contributed by atoms with Gasteiger partial charge in [0, 0.05) is 16.1 Å². The number of aliphatic hydroxyl groups is 1. The second-order valence-electron chi connectivity index (χ2n) is 4.80. The summed E-state index contributed by atoms with van der Waals surface area (Å²) in [7, 11) is 0. The van der Waals surface area contributed by atoms with Crippen LogP contribution in [0.1, 0.15) is 11.1 Å². The maximum Gasteiger partial charge on any atom is 0.105 e. The molecule has 0 fully saturated rings. The zero-order valence-electron chi connectivity index (χ0n) is 11.2. The van der Waals surface area contributed by atoms with E-state index in [1.165, 1.54) is 10.5 Å². The molecule has 0 amide bonds. The lowest BCUT2D eigenvalue weighted by Gasteiger charge is -2.19. The first-order chi connectivity index (χ1) is 9.69. The van der Waals surface area contributed by atoms with Crippen LogP contribution in [0.25, 0.3) is 0 Å². The summed E-state index contributed by atoms with van der Waals surface area (Å²) >= 11 is 12.1. The van der Waals surface area contributed by atoms with Gasteiger partial charge in [0.25, 0.3) is 0 Å². The van der Waals surface area contributed by atoms with Crippen LogP contribution in [0.3, 0.4) is 0 Å². The molecule has 0 aromatic heterocycles. The monoisotopic (exact) mass is 310 g/mol. The van der Waals surface area contributed by atoms with Gasteiger partial charge in [-0.1, -0.05) is 59.6 Å². The van der Waals surface area contributed by atoms with E-state index in [4.69, 9.17) is 23.2 Å². The number of halogens is 2. The SMILES string of the molecule is OCC[NH+](Cc1ccccc1)Cc1ccc(Cl)cc1Cl. The molecule has 0 bridgehead atoms. The molecule has 0 radical (unpaired) electrons. The average molecular weight is 311 g/mol. The Labute approximate surface area is 129 Å². The maximum atomic E-state index is 9.23. The number of rotatable bonds is 6. The van der Waals surface area contributed by atoms with E-state index in [-0.39, 0.29) is 6.61 Å². The predicted octanol–water partition coefficient (Wildman–Crippen LogP) is 2.57. The summed E-state index contributed by atoms with van der Waals surface area (Å²) in [6, 6.07) is 15.8. The van der Waals surface area contributed by atoms with Gasteiger partial charge in [-0.05, 0) is 12.1 Å². The van der Waals surface area contributed by atoms with Gasteiger partial charge in [0.15, 0.2) is 0 Å². The first-order valence-electron chi connectivity index (χ1n) is 6.61. The molecule has 2 aromatic rings. The minimum atomic E-state index is 0.160. The van der Waals surface area contributed by atoms with E-state index in [1.54, 1.807) is 6.07 Å². The van der Waals surface area contributed by atoms with E-state index in [0.29, 0.717) is 16.6 Å². The van der Waals surface area contributed by atoms with E-state index in [9.17, 15) is 5.11 Å². The Balaban J connectivity index is 2.09. The molecule has 0 aliphatic rings. The van der Waals surface area contributed by atoms with Crippen molar-refractivity contribution in [1.29, 1.82) is 0 Å². The molecule has 1 unspecified atom stereocenters. The van der Waals surface area contributed by atoms with Crippen LogP contribution >= 0.6 is 23.2 Å². The Morgan fingerprint density at radius 3 is 2.35 bits per heavy atom. The topological polar surface area (TPSA) is 24.7 Å². The molecule has 0 heterocycles. The molecule has 0 saturated carbocycles. The van der Waals surface area contributed by atoms with Crippen molar-refractivity contribution < 1.29 is 10.0 Å². The lowest BCUT2D eigenvalue weighted by atomic mass is 10.1. The van der Waals surface area contributed by atoms with E-state index >= 15 is 0 Å². The minimum Gasteiger partial charge on any atom is -0.391 e. The fourth-order valence-electron chi connectivity index (χ4n) is 2.22. The second-order valence-corrected chi connectivity index (χ2v) is 5.64. The van der Waals surface area contributed by atoms with Gasteiger partial charge in [0.2, 0.25) is 0 Å². The van der Waals surface area contributed by atoms with E-state index in [0.717, 1.165) is 18.7 Å². The lowest BCUT2D eigenvalue weighted by Crippen LogP contribution is -3.09. The molecule has 0 aliphatic carbocycles. The molecule has 20 heavy (non-hydrogen) atoms. The van der Waals surface area contributed by atoms with Crippen LogP contribution in [-0.4, -0.2) is 18.3 Å². The van der Waals surface area contributed by atoms with Crippen molar-refractivity contribution in [2.45, 2.75) is 13.1 Å². The van der Waals surface area contributed by atoms with Crippen molar-refractivity contribution in [2.24, 2.45) is 0 Å². The minimum absolute atomic E-state index is 0.160. The van der Waals surface area contributed by atoms with Crippen LogP contribution in [0.4, 0.5) is 0 Å². The largest absolute Gasteiger partial charge is 0.391 e. The number of aliphatic hydroxyl groups excluding tert-OH is 1. The van der Waals surface area contributed by atoms with E-state index in [1.807, 2.05) is 30.3 Å². The molecule has 2 nitrogen and oxygen atoms in total. The summed E-state index contributed by atoms with van der Waals surface area (Å²) in [5, 5.41) is 10.6. The van der Waals surface area contributed by atoms with Crippen molar-refractivity contribution >= 4 is 23.2 Å². The Morgan fingerprint density at radius 1 is 0.950 bits per heavy atom. The van der Waals surface area contributed by atoms with Crippen LogP contribution < -0.4 is 4.90 Å². The Kier molecular flexibility index (Phi) is 5.86. The Bertz CT molecular complexity index is 545. The summed E-state index contributed by atoms with van der Waals surface area (Å²) in [6.45, 7) is 2.48. The third-order valence-corrected chi connectivity index (χ3v) is 3.80. The summed E-state index contributed by atoms with van der Waals surface area (Å²) in [5.74, 6) is 0. The third kappa shape index (κ3) is 4.50. The fraction of sp³-hybridized carbons (Fsp3) is 0.250. The van der Waals surface area contributed by atoms with Gasteiger partial charge in [-0.3, -0.25) is 0 Å². The second kappa shape index (κ2) is 7.65. The summed E-state index contributed by atoms with van der Waals surface area (Å²) in [6.07, 6.45) is 0. The Hall–Kier alpha value is -1.06. The normalized spacial score (nSPS) is 12.3. The molecule has 1 atom stereocenters. The van der Waals surface area contributed by atoms with Gasteiger partial charge >= 0.3 is 0 Å². The smallest absolute Gasteiger partial charge is 0.105 e. The number of benzene rings is 2. The molecule has 0 spiro atoms. The molecule has 106 valence electrons. The average Bonchev–Trinajstić information content (AvgIpc) is 2.43. The summed E-state index contributed by atoms with van der Waals surface area (Å²) < 4.78 is 0. The van der Waals surface area contributed by atoms with Crippen LogP contribution in [0.2, 0.25) is 10.0 Å². The van der Waals surface area contributed by atoms with E-state index in [2.05, 4.69) is 12.1 Å². The summed E-state index contributed by atoms with van der Waals surface area (Å²) in [5.41, 5.74) is 2.30. The first kappa shape index (κ1) is 15.3. The van der Waals surface area contributed by atoms with Gasteiger partial charge in [-0.15, -0.1) is 0 Å². The van der Waals surface area contributed by atoms with E-state index < -0.39 is 0 Å². The first-order valence-corrected chi connectivity index (χ1v) is 7.37. The molecular weight excluding hydrogens is 293 g/mol. The Morgan fingerprint density at radius 2 is 1.70 bits per heavy atom. The van der Waals surface area contributed by atoms with Crippen LogP contribution in [0.15, 0.2) is 48.5 Å². The highest BCUT2D eigenvalue weighted by Gasteiger charge is 2.12. The van der Waals surface area contributed by atoms with Crippen molar-refractivity contribution in [3.8, 4) is 0 Å². The molecular formula is C16H18Cl2NO+. The van der Waals surface area contributed by atoms with Crippen LogP contribution in [-0.2, 0) is 13.1 Å². The van der Waals surface area contributed by atoms with Crippen molar-refractivity contribution in [3.05, 3.63) is 69.7 Å². The van der Waals surface area contributed by atoms with Crippen LogP contribution in [0.5, 0.6) is 0 Å². The van der Waals surface area contributed by atoms with Crippen molar-refractivity contribution in [1.82, 2.24) is 0 Å². The van der Waals surface area contributed by atoms with Crippen molar-refractivity contribution in [2.75, 3.05) is 13.2 Å². The summed E-state index contributed by atoms with van der Waals surface area (Å²) in [4.78, 5) is 1.27. The third-order valence-electron chi connectivity index (χ3n) is 3.22. The highest BCUT2D eigenvalue weighted by atomic mass is 35.5. The fourth-order valence-corrected chi connectivity index (χ4v) is 2.69. The molecule has 0 saturated heterocycles. The van der Waals surface area contributed by atoms with Gasteiger partial charge < -0.3 is 10.0 Å². The standard InChI is InChI=1S/C16H17Cl2NO/c17-15-7-6-14(16(18)10-15)12-19(8-9-20)11-13-4-2-1-3-5-13/h1-7,10,20H,8-9,11-12H2/p+1.